The lowest BCUT2D eigenvalue weighted by molar-refractivity contribution is 0.0651. The molecule has 0 bridgehead atoms. The van der Waals surface area contributed by atoms with E-state index in [1.54, 1.807) is 0 Å². The van der Waals surface area contributed by atoms with Crippen LogP contribution in [0.25, 0.3) is 0 Å². The van der Waals surface area contributed by atoms with Crippen LogP contribution in [-0.2, 0) is 0 Å². The number of anilines is 2. The maximum Gasteiger partial charge on any atom is 0.338 e. The number of carboxylic acid groups (broad SMARTS) is 2. The average molecular weight is 362 g/mol. The Morgan fingerprint density at radius 1 is 0.885 bits per heavy atom. The Labute approximate surface area is 145 Å². The molecule has 1 aliphatic rings. The normalized spacial score (nSPS) is 12.1. The number of carbonyl (C=O) groups is 4. The van der Waals surface area contributed by atoms with Crippen LogP contribution in [0.15, 0.2) is 36.4 Å². The number of amides is 2. The molecule has 0 fully saturated rings. The Morgan fingerprint density at radius 2 is 1.50 bits per heavy atom. The minimum Gasteiger partial charge on any atom is -0.478 e. The second-order valence-corrected chi connectivity index (χ2v) is 5.03. The third-order valence-corrected chi connectivity index (χ3v) is 3.67. The number of benzene rings is 2. The second-order valence-electron chi connectivity index (χ2n) is 5.03. The molecule has 1 aliphatic heterocycles. The number of nitrogens with two attached hydrogens (primary N) is 1. The van der Waals surface area contributed by atoms with E-state index in [9.17, 15) is 24.3 Å². The molecule has 0 aliphatic carbocycles. The van der Waals surface area contributed by atoms with Crippen molar-refractivity contribution in [3.8, 4) is 0 Å². The molecule has 0 atom stereocenters. The zero-order valence-corrected chi connectivity index (χ0v) is 13.0. The van der Waals surface area contributed by atoms with E-state index in [-0.39, 0.29) is 33.5 Å². The minimum atomic E-state index is -1.56. The van der Waals surface area contributed by atoms with Crippen LogP contribution < -0.4 is 10.6 Å². The van der Waals surface area contributed by atoms with Crippen molar-refractivity contribution in [2.45, 2.75) is 0 Å². The smallest absolute Gasteiger partial charge is 0.338 e. The van der Waals surface area contributed by atoms with Crippen LogP contribution in [0.5, 0.6) is 0 Å². The van der Waals surface area contributed by atoms with Gasteiger partial charge in [-0.3, -0.25) is 9.59 Å². The van der Waals surface area contributed by atoms with Gasteiger partial charge in [0.2, 0.25) is 0 Å². The molecule has 0 saturated carbocycles. The highest BCUT2D eigenvalue weighted by atomic mass is 16.4. The summed E-state index contributed by atoms with van der Waals surface area (Å²) in [7, 11) is 0. The molecule has 8 N–H and O–H groups in total. The molecule has 2 aromatic rings. The molecule has 136 valence electrons. The van der Waals surface area contributed by atoms with Crippen molar-refractivity contribution in [1.29, 1.82) is 0 Å². The van der Waals surface area contributed by atoms with E-state index < -0.39 is 34.9 Å². The molecule has 0 aromatic heterocycles. The van der Waals surface area contributed by atoms with E-state index in [1.165, 1.54) is 30.3 Å². The number of carboxylic acids is 2. The first-order chi connectivity index (χ1) is 11.3. The van der Waals surface area contributed by atoms with E-state index in [2.05, 4.69) is 0 Å². The number of imide groups is 1. The molecule has 0 unspecified atom stereocenters. The van der Waals surface area contributed by atoms with Crippen LogP contribution in [0.1, 0.15) is 41.4 Å². The first-order valence-corrected chi connectivity index (χ1v) is 6.71. The van der Waals surface area contributed by atoms with Gasteiger partial charge in [0.1, 0.15) is 0 Å². The van der Waals surface area contributed by atoms with Gasteiger partial charge in [0.15, 0.2) is 0 Å². The average Bonchev–Trinajstić information content (AvgIpc) is 2.78. The standard InChI is InChI=1S/C16H10N2O6.2H2O/c17-9-5-1-3-7-11(9)14(20)18(13(7)19)10-6-2-4-8(15(21)22)12(10)16(23)24;;/h1-6H,17H2,(H,21,22)(H,23,24);2*1H2. The summed E-state index contributed by atoms with van der Waals surface area (Å²) in [6.07, 6.45) is 0. The van der Waals surface area contributed by atoms with Crippen molar-refractivity contribution in [3.63, 3.8) is 0 Å². The van der Waals surface area contributed by atoms with Crippen molar-refractivity contribution in [1.82, 2.24) is 0 Å². The molecule has 0 radical (unpaired) electrons. The minimum absolute atomic E-state index is 0. The predicted molar refractivity (Wildman–Crippen MR) is 89.6 cm³/mol. The molecule has 1 heterocycles. The number of carbonyl (C=O) groups excluding carboxylic acids is 2. The van der Waals surface area contributed by atoms with Gasteiger partial charge in [-0.2, -0.15) is 0 Å². The predicted octanol–water partition coefficient (Wildman–Crippen LogP) is -0.184. The lowest BCUT2D eigenvalue weighted by Gasteiger charge is -2.17. The van der Waals surface area contributed by atoms with Gasteiger partial charge in [-0.1, -0.05) is 12.1 Å². The van der Waals surface area contributed by atoms with Gasteiger partial charge in [-0.25, -0.2) is 14.5 Å². The summed E-state index contributed by atoms with van der Waals surface area (Å²) in [5, 5.41) is 18.5. The molecule has 10 heteroatoms. The summed E-state index contributed by atoms with van der Waals surface area (Å²) in [4.78, 5) is 48.5. The molecular weight excluding hydrogens is 348 g/mol. The van der Waals surface area contributed by atoms with Crippen LogP contribution in [0, 0.1) is 0 Å². The Morgan fingerprint density at radius 3 is 2.04 bits per heavy atom. The Balaban J connectivity index is 0.00000169. The fourth-order valence-electron chi connectivity index (χ4n) is 2.66. The van der Waals surface area contributed by atoms with E-state index in [0.717, 1.165) is 6.07 Å². The van der Waals surface area contributed by atoms with Crippen LogP contribution in [-0.4, -0.2) is 44.9 Å². The van der Waals surface area contributed by atoms with E-state index in [0.29, 0.717) is 4.90 Å². The highest BCUT2D eigenvalue weighted by Crippen LogP contribution is 2.34. The fraction of sp³-hybridized carbons (Fsp3) is 0. The summed E-state index contributed by atoms with van der Waals surface area (Å²) in [5.74, 6) is -4.59. The van der Waals surface area contributed by atoms with Gasteiger partial charge in [-0.15, -0.1) is 0 Å². The van der Waals surface area contributed by atoms with Crippen LogP contribution in [0.3, 0.4) is 0 Å². The van der Waals surface area contributed by atoms with Gasteiger partial charge >= 0.3 is 11.9 Å². The zero-order chi connectivity index (χ0) is 17.6. The number of nitrogen functional groups attached to an aromatic ring is 1. The number of hydrogen-bond acceptors (Lipinski definition) is 5. The number of hydrogen-bond donors (Lipinski definition) is 3. The van der Waals surface area contributed by atoms with E-state index in [1.807, 2.05) is 0 Å². The molecule has 2 amide bonds. The SMILES string of the molecule is Nc1cccc2c1C(=O)N(c1cccc(C(=O)O)c1C(=O)O)C2=O.O.O. The third-order valence-electron chi connectivity index (χ3n) is 3.67. The first kappa shape index (κ1) is 20.3. The van der Waals surface area contributed by atoms with Crippen molar-refractivity contribution in [2.75, 3.05) is 10.6 Å². The number of aromatic carboxylic acids is 2. The fourth-order valence-corrected chi connectivity index (χ4v) is 2.66. The summed E-state index contributed by atoms with van der Waals surface area (Å²) in [6.45, 7) is 0. The van der Waals surface area contributed by atoms with Crippen LogP contribution in [0.4, 0.5) is 11.4 Å². The molecule has 2 aromatic carbocycles. The highest BCUT2D eigenvalue weighted by Gasteiger charge is 2.40. The molecule has 10 nitrogen and oxygen atoms in total. The Kier molecular flexibility index (Phi) is 5.47. The van der Waals surface area contributed by atoms with E-state index >= 15 is 0 Å². The van der Waals surface area contributed by atoms with Gasteiger partial charge in [-0.05, 0) is 24.3 Å². The van der Waals surface area contributed by atoms with Gasteiger partial charge in [0.25, 0.3) is 11.8 Å². The molecule has 3 rings (SSSR count). The monoisotopic (exact) mass is 362 g/mol. The van der Waals surface area contributed by atoms with Crippen molar-refractivity contribution >= 4 is 35.1 Å². The summed E-state index contributed by atoms with van der Waals surface area (Å²) < 4.78 is 0. The van der Waals surface area contributed by atoms with E-state index in [4.69, 9.17) is 10.8 Å². The van der Waals surface area contributed by atoms with Crippen LogP contribution in [0.2, 0.25) is 0 Å². The highest BCUT2D eigenvalue weighted by molar-refractivity contribution is 6.37. The zero-order valence-electron chi connectivity index (χ0n) is 13.0. The molecule has 26 heavy (non-hydrogen) atoms. The van der Waals surface area contributed by atoms with Crippen LogP contribution >= 0.6 is 0 Å². The molecule has 0 spiro atoms. The summed E-state index contributed by atoms with van der Waals surface area (Å²) in [6, 6.07) is 7.88. The maximum atomic E-state index is 12.6. The lowest BCUT2D eigenvalue weighted by atomic mass is 10.0. The van der Waals surface area contributed by atoms with Crippen molar-refractivity contribution < 1.29 is 40.3 Å². The number of nitrogens with zero attached hydrogens (tertiary/aromatic N) is 1. The quantitative estimate of drug-likeness (QED) is 0.496. The lowest BCUT2D eigenvalue weighted by Crippen LogP contribution is -2.31. The van der Waals surface area contributed by atoms with Crippen molar-refractivity contribution in [3.05, 3.63) is 58.7 Å². The van der Waals surface area contributed by atoms with Gasteiger partial charge in [0.05, 0.1) is 27.9 Å². The van der Waals surface area contributed by atoms with Crippen molar-refractivity contribution in [2.24, 2.45) is 0 Å². The maximum absolute atomic E-state index is 12.6. The molecule has 0 saturated heterocycles. The number of rotatable bonds is 3. The summed E-state index contributed by atoms with van der Waals surface area (Å²) >= 11 is 0. The largest absolute Gasteiger partial charge is 0.478 e. The summed E-state index contributed by atoms with van der Waals surface area (Å²) in [5.41, 5.74) is 4.35. The Hall–Kier alpha value is -3.76. The van der Waals surface area contributed by atoms with Gasteiger partial charge in [0, 0.05) is 5.69 Å². The second kappa shape index (κ2) is 7.01. The molecular formula is C16H14N2O8. The Bertz CT molecular complexity index is 938. The van der Waals surface area contributed by atoms with Gasteiger partial charge < -0.3 is 26.9 Å². The third kappa shape index (κ3) is 2.75. The first-order valence-electron chi connectivity index (χ1n) is 6.71. The number of fused-ring (bicyclic) bond motifs is 1. The topological polar surface area (TPSA) is 201 Å².